The number of benzene rings is 2. The summed E-state index contributed by atoms with van der Waals surface area (Å²) in [7, 11) is -4.40. The van der Waals surface area contributed by atoms with Gasteiger partial charge in [-0.2, -0.15) is 8.42 Å². The first-order valence-electron chi connectivity index (χ1n) is 7.95. The van der Waals surface area contributed by atoms with Crippen LogP contribution >= 0.6 is 0 Å². The van der Waals surface area contributed by atoms with Crippen LogP contribution in [0.1, 0.15) is 38.2 Å². The van der Waals surface area contributed by atoms with Crippen molar-refractivity contribution in [3.63, 3.8) is 0 Å². The van der Waals surface area contributed by atoms with Gasteiger partial charge in [-0.3, -0.25) is 4.55 Å². The first-order valence-corrected chi connectivity index (χ1v) is 9.39. The average Bonchev–Trinajstić information content (AvgIpc) is 2.50. The van der Waals surface area contributed by atoms with Gasteiger partial charge in [0.15, 0.2) is 0 Å². The minimum atomic E-state index is -4.40. The molecule has 0 aliphatic heterocycles. The van der Waals surface area contributed by atoms with E-state index >= 15 is 0 Å². The number of rotatable bonds is 8. The Morgan fingerprint density at radius 1 is 1.08 bits per heavy atom. The Bertz CT molecular complexity index is 790. The molecule has 130 valence electrons. The molecule has 0 radical (unpaired) electrons. The molecule has 0 bridgehead atoms. The molecule has 0 aromatic heterocycles. The number of para-hydroxylation sites is 1. The molecule has 0 amide bonds. The summed E-state index contributed by atoms with van der Waals surface area (Å²) in [5.74, 6) is 0.0638. The van der Waals surface area contributed by atoms with E-state index in [0.29, 0.717) is 0 Å². The fourth-order valence-electron chi connectivity index (χ4n) is 2.46. The first kappa shape index (κ1) is 22.6. The normalized spacial score (nSPS) is 11.0. The maximum absolute atomic E-state index is 11.8. The third kappa shape index (κ3) is 7.38. The maximum atomic E-state index is 11.8. The van der Waals surface area contributed by atoms with Gasteiger partial charge in [-0.15, -0.1) is 5.75 Å². The van der Waals surface area contributed by atoms with Crippen LogP contribution < -0.4 is 61.2 Å². The van der Waals surface area contributed by atoms with E-state index in [1.807, 2.05) is 0 Å². The summed E-state index contributed by atoms with van der Waals surface area (Å²) in [5.41, 5.74) is 0.859. The zero-order chi connectivity index (χ0) is 17.6. The van der Waals surface area contributed by atoms with Crippen molar-refractivity contribution in [2.24, 2.45) is 0 Å². The topological polar surface area (TPSA) is 86.7 Å². The summed E-state index contributed by atoms with van der Waals surface area (Å²) in [6.07, 6.45) is 5.15. The number of unbranched alkanes of at least 4 members (excludes halogenated alkanes) is 3. The van der Waals surface area contributed by atoms with Gasteiger partial charge in [0.1, 0.15) is 16.4 Å². The summed E-state index contributed by atoms with van der Waals surface area (Å²) in [5, 5.41) is 11.8. The Kier molecular flexibility index (Phi) is 9.65. The molecule has 0 fully saturated rings. The number of ether oxygens (including phenoxy) is 1. The second-order valence-corrected chi connectivity index (χ2v) is 7.04. The van der Waals surface area contributed by atoms with Gasteiger partial charge in [-0.05, 0) is 42.7 Å². The fourth-order valence-corrected chi connectivity index (χ4v) is 3.08. The van der Waals surface area contributed by atoms with Crippen molar-refractivity contribution in [3.05, 3.63) is 48.0 Å². The molecule has 0 aliphatic carbocycles. The molecule has 0 heterocycles. The molecule has 0 unspecified atom stereocenters. The minimum absolute atomic E-state index is 0. The Balaban J connectivity index is 0.00000312. The molecule has 2 aromatic rings. The largest absolute Gasteiger partial charge is 1.00 e. The van der Waals surface area contributed by atoms with Crippen LogP contribution in [0.5, 0.6) is 17.2 Å². The third-order valence-corrected chi connectivity index (χ3v) is 4.51. The quantitative estimate of drug-likeness (QED) is 0.413. The summed E-state index contributed by atoms with van der Waals surface area (Å²) in [6.45, 7) is 2.14. The van der Waals surface area contributed by atoms with Crippen molar-refractivity contribution < 1.29 is 74.2 Å². The Morgan fingerprint density at radius 2 is 1.80 bits per heavy atom. The molecular weight excluding hydrogens is 367 g/mol. The maximum Gasteiger partial charge on any atom is 1.00 e. The van der Waals surface area contributed by atoms with E-state index in [1.165, 1.54) is 24.3 Å². The molecule has 0 aliphatic rings. The monoisotopic (exact) mass is 388 g/mol. The molecule has 2 rings (SSSR count). The van der Waals surface area contributed by atoms with E-state index in [9.17, 15) is 18.1 Å². The van der Waals surface area contributed by atoms with Crippen molar-refractivity contribution in [3.8, 4) is 17.2 Å². The van der Waals surface area contributed by atoms with Crippen LogP contribution in [-0.4, -0.2) is 13.0 Å². The number of aryl methyl sites for hydroxylation is 1. The second kappa shape index (κ2) is 10.7. The Hall–Kier alpha value is -0.414. The van der Waals surface area contributed by atoms with Crippen molar-refractivity contribution in [1.82, 2.24) is 0 Å². The van der Waals surface area contributed by atoms with Crippen molar-refractivity contribution in [2.75, 3.05) is 0 Å². The van der Waals surface area contributed by atoms with E-state index in [0.717, 1.165) is 37.7 Å². The number of hydrogen-bond acceptors (Lipinski definition) is 4. The molecule has 5 nitrogen and oxygen atoms in total. The van der Waals surface area contributed by atoms with E-state index in [-0.39, 0.29) is 73.5 Å². The molecule has 0 saturated heterocycles. The van der Waals surface area contributed by atoms with Crippen LogP contribution in [0.3, 0.4) is 0 Å². The predicted molar refractivity (Wildman–Crippen MR) is 90.1 cm³/mol. The summed E-state index contributed by atoms with van der Waals surface area (Å²) in [6, 6.07) is 10.4. The first-order chi connectivity index (χ1) is 11.4. The summed E-state index contributed by atoms with van der Waals surface area (Å²) < 4.78 is 37.6. The SMILES string of the molecule is CCCCCCc1cc([O-])cc(Oc2ccccc2S(=O)(=O)O)c1.[K+]. The van der Waals surface area contributed by atoms with Gasteiger partial charge in [-0.1, -0.05) is 44.4 Å². The molecule has 1 N–H and O–H groups in total. The Morgan fingerprint density at radius 3 is 2.48 bits per heavy atom. The van der Waals surface area contributed by atoms with Crippen molar-refractivity contribution >= 4 is 10.1 Å². The molecule has 25 heavy (non-hydrogen) atoms. The van der Waals surface area contributed by atoms with E-state index in [2.05, 4.69) is 6.92 Å². The van der Waals surface area contributed by atoms with Gasteiger partial charge >= 0.3 is 51.4 Å². The van der Waals surface area contributed by atoms with Crippen molar-refractivity contribution in [1.29, 1.82) is 0 Å². The van der Waals surface area contributed by atoms with E-state index in [1.54, 1.807) is 18.2 Å². The summed E-state index contributed by atoms with van der Waals surface area (Å²) >= 11 is 0. The van der Waals surface area contributed by atoms with Crippen LogP contribution in [-0.2, 0) is 16.5 Å². The third-order valence-electron chi connectivity index (χ3n) is 3.61. The molecule has 0 spiro atoms. The second-order valence-electron chi connectivity index (χ2n) is 5.65. The molecule has 2 aromatic carbocycles. The summed E-state index contributed by atoms with van der Waals surface area (Å²) in [4.78, 5) is -0.328. The van der Waals surface area contributed by atoms with E-state index in [4.69, 9.17) is 4.74 Å². The van der Waals surface area contributed by atoms with Gasteiger partial charge in [0, 0.05) is 0 Å². The van der Waals surface area contributed by atoms with Gasteiger partial charge < -0.3 is 9.84 Å². The van der Waals surface area contributed by atoms with Crippen LogP contribution in [0.15, 0.2) is 47.4 Å². The average molecular weight is 389 g/mol. The molecular formula is C18H21KO5S. The van der Waals surface area contributed by atoms with Crippen molar-refractivity contribution in [2.45, 2.75) is 43.9 Å². The van der Waals surface area contributed by atoms with Crippen LogP contribution in [0, 0.1) is 0 Å². The van der Waals surface area contributed by atoms with Gasteiger partial charge in [0.2, 0.25) is 0 Å². The van der Waals surface area contributed by atoms with Crippen LogP contribution in [0.2, 0.25) is 0 Å². The van der Waals surface area contributed by atoms with Gasteiger partial charge in [-0.25, -0.2) is 0 Å². The van der Waals surface area contributed by atoms with Crippen LogP contribution in [0.25, 0.3) is 0 Å². The molecule has 0 atom stereocenters. The zero-order valence-electron chi connectivity index (χ0n) is 14.6. The fraction of sp³-hybridized carbons (Fsp3) is 0.333. The smallest absolute Gasteiger partial charge is 0.872 e. The zero-order valence-corrected chi connectivity index (χ0v) is 18.5. The van der Waals surface area contributed by atoms with Gasteiger partial charge in [0.05, 0.1) is 0 Å². The molecule has 7 heteroatoms. The molecule has 0 saturated carbocycles. The van der Waals surface area contributed by atoms with Gasteiger partial charge in [0.25, 0.3) is 10.1 Å². The minimum Gasteiger partial charge on any atom is -0.872 e. The Labute approximate surface area is 191 Å². The number of hydrogen-bond donors (Lipinski definition) is 1. The van der Waals surface area contributed by atoms with Crippen LogP contribution in [0.4, 0.5) is 0 Å². The van der Waals surface area contributed by atoms with E-state index < -0.39 is 10.1 Å². The predicted octanol–water partition coefficient (Wildman–Crippen LogP) is 0.926. The standard InChI is InChI=1S/C18H22O5S.K/c1-2-3-4-5-8-14-11-15(19)13-16(12-14)23-17-9-6-7-10-18(17)24(20,21)22;/h6-7,9-13,19H,2-5,8H2,1H3,(H,20,21,22);/q;+1/p-1.